The summed E-state index contributed by atoms with van der Waals surface area (Å²) < 4.78 is 10.2. The summed E-state index contributed by atoms with van der Waals surface area (Å²) in [5, 5.41) is 3.67. The monoisotopic (exact) mass is 224 g/mol. The second kappa shape index (κ2) is 4.63. The molecular weight excluding hydrogens is 208 g/mol. The number of esters is 1. The maximum Gasteiger partial charge on any atom is 0.309 e. The van der Waals surface area contributed by atoms with Crippen molar-refractivity contribution >= 4 is 5.97 Å². The minimum Gasteiger partial charge on any atom is -0.452 e. The fourth-order valence-corrected chi connectivity index (χ4v) is 1.96. The van der Waals surface area contributed by atoms with Gasteiger partial charge >= 0.3 is 5.97 Å². The first-order chi connectivity index (χ1) is 7.66. The van der Waals surface area contributed by atoms with E-state index >= 15 is 0 Å². The Morgan fingerprint density at radius 1 is 1.50 bits per heavy atom. The Kier molecular flexibility index (Phi) is 3.22. The van der Waals surface area contributed by atoms with Crippen LogP contribution in [0.2, 0.25) is 0 Å². The summed E-state index contributed by atoms with van der Waals surface area (Å²) in [5.41, 5.74) is 0. The fourth-order valence-electron chi connectivity index (χ4n) is 1.96. The van der Waals surface area contributed by atoms with E-state index in [9.17, 15) is 4.79 Å². The SMILES string of the molecule is Cc1noc(C(C)OC(=O)C2CCCC2)n1. The number of aromatic nitrogens is 2. The minimum atomic E-state index is -0.450. The van der Waals surface area contributed by atoms with Gasteiger partial charge in [-0.3, -0.25) is 4.79 Å². The van der Waals surface area contributed by atoms with Crippen molar-refractivity contribution in [3.05, 3.63) is 11.7 Å². The Morgan fingerprint density at radius 2 is 2.19 bits per heavy atom. The lowest BCUT2D eigenvalue weighted by molar-refractivity contribution is -0.154. The fraction of sp³-hybridized carbons (Fsp3) is 0.727. The zero-order chi connectivity index (χ0) is 11.5. The molecule has 16 heavy (non-hydrogen) atoms. The number of rotatable bonds is 3. The van der Waals surface area contributed by atoms with Crippen molar-refractivity contribution in [3.63, 3.8) is 0 Å². The van der Waals surface area contributed by atoms with Crippen molar-refractivity contribution in [2.45, 2.75) is 45.6 Å². The van der Waals surface area contributed by atoms with Crippen LogP contribution in [0.25, 0.3) is 0 Å². The van der Waals surface area contributed by atoms with Crippen molar-refractivity contribution in [2.24, 2.45) is 5.92 Å². The third kappa shape index (κ3) is 2.40. The third-order valence-corrected chi connectivity index (χ3v) is 2.87. The van der Waals surface area contributed by atoms with Crippen LogP contribution in [0.15, 0.2) is 4.52 Å². The number of hydrogen-bond donors (Lipinski definition) is 0. The van der Waals surface area contributed by atoms with E-state index in [4.69, 9.17) is 9.26 Å². The third-order valence-electron chi connectivity index (χ3n) is 2.87. The van der Waals surface area contributed by atoms with E-state index in [0.29, 0.717) is 11.7 Å². The van der Waals surface area contributed by atoms with E-state index in [2.05, 4.69) is 10.1 Å². The molecule has 0 aliphatic heterocycles. The van der Waals surface area contributed by atoms with Gasteiger partial charge in [-0.1, -0.05) is 18.0 Å². The van der Waals surface area contributed by atoms with E-state index in [1.165, 1.54) is 0 Å². The van der Waals surface area contributed by atoms with Crippen LogP contribution >= 0.6 is 0 Å². The molecule has 0 radical (unpaired) electrons. The van der Waals surface area contributed by atoms with Gasteiger partial charge in [0.1, 0.15) is 0 Å². The Bertz CT molecular complexity index is 369. The van der Waals surface area contributed by atoms with Crippen molar-refractivity contribution in [3.8, 4) is 0 Å². The standard InChI is InChI=1S/C11H16N2O3/c1-7(10-12-8(2)13-16-10)15-11(14)9-5-3-4-6-9/h7,9H,3-6H2,1-2H3. The quantitative estimate of drug-likeness (QED) is 0.736. The molecule has 1 heterocycles. The van der Waals surface area contributed by atoms with E-state index < -0.39 is 6.10 Å². The maximum atomic E-state index is 11.7. The lowest BCUT2D eigenvalue weighted by Gasteiger charge is -2.12. The molecule has 0 saturated heterocycles. The van der Waals surface area contributed by atoms with Crippen molar-refractivity contribution < 1.29 is 14.1 Å². The predicted octanol–water partition coefficient (Wildman–Crippen LogP) is 2.17. The molecule has 0 bridgehead atoms. The van der Waals surface area contributed by atoms with Gasteiger partial charge in [0.05, 0.1) is 5.92 Å². The van der Waals surface area contributed by atoms with Gasteiger partial charge in [-0.2, -0.15) is 4.98 Å². The van der Waals surface area contributed by atoms with E-state index in [-0.39, 0.29) is 11.9 Å². The molecule has 0 amide bonds. The number of ether oxygens (including phenoxy) is 1. The average molecular weight is 224 g/mol. The van der Waals surface area contributed by atoms with Crippen molar-refractivity contribution in [1.29, 1.82) is 0 Å². The lowest BCUT2D eigenvalue weighted by atomic mass is 10.1. The highest BCUT2D eigenvalue weighted by Crippen LogP contribution is 2.27. The van der Waals surface area contributed by atoms with Gasteiger partial charge in [-0.15, -0.1) is 0 Å². The molecule has 1 aliphatic carbocycles. The van der Waals surface area contributed by atoms with Gasteiger partial charge in [0.15, 0.2) is 11.9 Å². The summed E-state index contributed by atoms with van der Waals surface area (Å²) in [4.78, 5) is 15.8. The number of carbonyl (C=O) groups excluding carboxylic acids is 1. The van der Waals surface area contributed by atoms with Crippen LogP contribution in [-0.2, 0) is 9.53 Å². The van der Waals surface area contributed by atoms with E-state index in [1.54, 1.807) is 13.8 Å². The molecule has 1 aromatic heterocycles. The molecule has 1 unspecified atom stereocenters. The van der Waals surface area contributed by atoms with Gasteiger partial charge in [0.2, 0.25) is 0 Å². The van der Waals surface area contributed by atoms with Gasteiger partial charge < -0.3 is 9.26 Å². The first-order valence-electron chi connectivity index (χ1n) is 5.67. The Morgan fingerprint density at radius 3 is 2.75 bits per heavy atom. The number of carbonyl (C=O) groups is 1. The van der Waals surface area contributed by atoms with Crippen LogP contribution in [0.4, 0.5) is 0 Å². The Labute approximate surface area is 94.2 Å². The van der Waals surface area contributed by atoms with E-state index in [1.807, 2.05) is 0 Å². The molecule has 5 nitrogen and oxygen atoms in total. The largest absolute Gasteiger partial charge is 0.452 e. The second-order valence-corrected chi connectivity index (χ2v) is 4.24. The van der Waals surface area contributed by atoms with Gasteiger partial charge in [-0.25, -0.2) is 0 Å². The van der Waals surface area contributed by atoms with Crippen LogP contribution in [0.3, 0.4) is 0 Å². The summed E-state index contributed by atoms with van der Waals surface area (Å²) in [6.07, 6.45) is 3.67. The topological polar surface area (TPSA) is 65.2 Å². The lowest BCUT2D eigenvalue weighted by Crippen LogP contribution is -2.17. The second-order valence-electron chi connectivity index (χ2n) is 4.24. The normalized spacial score (nSPS) is 18.6. The molecule has 0 spiro atoms. The van der Waals surface area contributed by atoms with Crippen LogP contribution in [0.5, 0.6) is 0 Å². The van der Waals surface area contributed by atoms with E-state index in [0.717, 1.165) is 25.7 Å². The van der Waals surface area contributed by atoms with Crippen LogP contribution < -0.4 is 0 Å². The van der Waals surface area contributed by atoms with Crippen LogP contribution in [-0.4, -0.2) is 16.1 Å². The van der Waals surface area contributed by atoms with Crippen molar-refractivity contribution in [1.82, 2.24) is 10.1 Å². The molecule has 5 heteroatoms. The molecular formula is C11H16N2O3. The predicted molar refractivity (Wildman–Crippen MR) is 55.5 cm³/mol. The Balaban J connectivity index is 1.91. The smallest absolute Gasteiger partial charge is 0.309 e. The molecule has 1 fully saturated rings. The number of hydrogen-bond acceptors (Lipinski definition) is 5. The zero-order valence-corrected chi connectivity index (χ0v) is 9.60. The molecule has 2 rings (SSSR count). The summed E-state index contributed by atoms with van der Waals surface area (Å²) >= 11 is 0. The molecule has 1 aromatic rings. The molecule has 0 N–H and O–H groups in total. The summed E-state index contributed by atoms with van der Waals surface area (Å²) in [7, 11) is 0. The number of aryl methyl sites for hydroxylation is 1. The highest BCUT2D eigenvalue weighted by Gasteiger charge is 2.27. The molecule has 1 aliphatic rings. The summed E-state index contributed by atoms with van der Waals surface area (Å²) in [6.45, 7) is 3.48. The first-order valence-corrected chi connectivity index (χ1v) is 5.67. The maximum absolute atomic E-state index is 11.7. The highest BCUT2D eigenvalue weighted by molar-refractivity contribution is 5.72. The van der Waals surface area contributed by atoms with Crippen LogP contribution in [0.1, 0.15) is 50.4 Å². The zero-order valence-electron chi connectivity index (χ0n) is 9.60. The van der Waals surface area contributed by atoms with Gasteiger partial charge in [0.25, 0.3) is 5.89 Å². The molecule has 0 aromatic carbocycles. The molecule has 88 valence electrons. The first kappa shape index (κ1) is 11.1. The number of nitrogens with zero attached hydrogens (tertiary/aromatic N) is 2. The van der Waals surface area contributed by atoms with Gasteiger partial charge in [-0.05, 0) is 26.7 Å². The highest BCUT2D eigenvalue weighted by atomic mass is 16.6. The minimum absolute atomic E-state index is 0.0615. The summed E-state index contributed by atoms with van der Waals surface area (Å²) in [6, 6.07) is 0. The Hall–Kier alpha value is -1.39. The van der Waals surface area contributed by atoms with Gasteiger partial charge in [0, 0.05) is 0 Å². The molecule has 1 atom stereocenters. The molecule has 1 saturated carbocycles. The van der Waals surface area contributed by atoms with Crippen molar-refractivity contribution in [2.75, 3.05) is 0 Å². The average Bonchev–Trinajstić information content (AvgIpc) is 2.87. The summed E-state index contributed by atoms with van der Waals surface area (Å²) in [5.74, 6) is 0.843. The van der Waals surface area contributed by atoms with Crippen LogP contribution in [0, 0.1) is 12.8 Å².